The number of carbonyl (C=O) groups is 2. The maximum absolute atomic E-state index is 12.7. The van der Waals surface area contributed by atoms with E-state index in [0.717, 1.165) is 12.1 Å². The van der Waals surface area contributed by atoms with E-state index in [4.69, 9.17) is 5.11 Å². The zero-order valence-electron chi connectivity index (χ0n) is 13.3. The van der Waals surface area contributed by atoms with Gasteiger partial charge in [0, 0.05) is 19.5 Å². The molecule has 0 radical (unpaired) electrons. The fourth-order valence-electron chi connectivity index (χ4n) is 3.10. The average molecular weight is 343 g/mol. The van der Waals surface area contributed by atoms with Crippen LogP contribution in [0.5, 0.6) is 0 Å². The molecule has 1 aromatic rings. The Balaban J connectivity index is 1.96. The monoisotopic (exact) mass is 343 g/mol. The first kappa shape index (κ1) is 18.3. The fraction of sp³-hybridized carbons (Fsp3) is 0.529. The van der Waals surface area contributed by atoms with Gasteiger partial charge in [0.1, 0.15) is 0 Å². The lowest BCUT2D eigenvalue weighted by Crippen LogP contribution is -2.35. The molecule has 1 aliphatic rings. The van der Waals surface area contributed by atoms with E-state index in [1.807, 2.05) is 0 Å². The number of carbonyl (C=O) groups excluding carboxylic acids is 1. The van der Waals surface area contributed by atoms with Crippen LogP contribution in [-0.4, -0.2) is 28.9 Å². The highest BCUT2D eigenvalue weighted by Crippen LogP contribution is 2.31. The lowest BCUT2D eigenvalue weighted by molar-refractivity contribution is -0.145. The largest absolute Gasteiger partial charge is 0.481 e. The highest BCUT2D eigenvalue weighted by Gasteiger charge is 2.32. The summed E-state index contributed by atoms with van der Waals surface area (Å²) in [7, 11) is 1.56. The van der Waals surface area contributed by atoms with Crippen molar-refractivity contribution in [3.8, 4) is 0 Å². The van der Waals surface area contributed by atoms with Gasteiger partial charge in [-0.25, -0.2) is 0 Å². The number of alkyl halides is 3. The van der Waals surface area contributed by atoms with Crippen molar-refractivity contribution in [3.05, 3.63) is 35.4 Å². The van der Waals surface area contributed by atoms with Gasteiger partial charge in [0.15, 0.2) is 0 Å². The SMILES string of the molecule is CN(Cc1cccc(C(F)(F)F)c1)C(=O)C1CCC(C(=O)O)CC1. The average Bonchev–Trinajstić information content (AvgIpc) is 2.53. The molecule has 0 atom stereocenters. The molecule has 1 saturated carbocycles. The number of hydrogen-bond acceptors (Lipinski definition) is 2. The summed E-state index contributed by atoms with van der Waals surface area (Å²) >= 11 is 0. The van der Waals surface area contributed by atoms with E-state index >= 15 is 0 Å². The number of rotatable bonds is 4. The van der Waals surface area contributed by atoms with Gasteiger partial charge in [-0.05, 0) is 43.4 Å². The Morgan fingerprint density at radius 2 is 1.75 bits per heavy atom. The maximum atomic E-state index is 12.7. The number of halogens is 3. The lowest BCUT2D eigenvalue weighted by Gasteiger charge is -2.29. The van der Waals surface area contributed by atoms with Crippen LogP contribution < -0.4 is 0 Å². The van der Waals surface area contributed by atoms with Gasteiger partial charge in [0.2, 0.25) is 5.91 Å². The van der Waals surface area contributed by atoms with Crippen molar-refractivity contribution in [2.24, 2.45) is 11.8 Å². The van der Waals surface area contributed by atoms with Crippen LogP contribution in [-0.2, 0) is 22.3 Å². The summed E-state index contributed by atoms with van der Waals surface area (Å²) in [6.07, 6.45) is -2.48. The van der Waals surface area contributed by atoms with Gasteiger partial charge in [-0.15, -0.1) is 0 Å². The predicted octanol–water partition coefficient (Wildman–Crippen LogP) is 3.55. The molecular weight excluding hydrogens is 323 g/mol. The second-order valence-electron chi connectivity index (χ2n) is 6.28. The van der Waals surface area contributed by atoms with Crippen LogP contribution >= 0.6 is 0 Å². The Hall–Kier alpha value is -2.05. The zero-order chi connectivity index (χ0) is 17.9. The Kier molecular flexibility index (Phi) is 5.51. The van der Waals surface area contributed by atoms with E-state index in [1.54, 1.807) is 13.1 Å². The fourth-order valence-corrected chi connectivity index (χ4v) is 3.10. The quantitative estimate of drug-likeness (QED) is 0.909. The Labute approximate surface area is 138 Å². The molecular formula is C17H20F3NO3. The highest BCUT2D eigenvalue weighted by atomic mass is 19.4. The summed E-state index contributed by atoms with van der Waals surface area (Å²) in [5.74, 6) is -1.63. The summed E-state index contributed by atoms with van der Waals surface area (Å²) in [6.45, 7) is 0.0988. The van der Waals surface area contributed by atoms with Gasteiger partial charge >= 0.3 is 12.1 Å². The minimum atomic E-state index is -4.41. The summed E-state index contributed by atoms with van der Waals surface area (Å²) < 4.78 is 38.2. The molecule has 0 saturated heterocycles. The van der Waals surface area contributed by atoms with E-state index in [0.29, 0.717) is 31.2 Å². The maximum Gasteiger partial charge on any atom is 0.416 e. The van der Waals surface area contributed by atoms with Gasteiger partial charge < -0.3 is 10.0 Å². The molecule has 1 aliphatic carbocycles. The number of benzene rings is 1. The highest BCUT2D eigenvalue weighted by molar-refractivity contribution is 5.79. The third-order valence-electron chi connectivity index (χ3n) is 4.48. The molecule has 7 heteroatoms. The molecule has 4 nitrogen and oxygen atoms in total. The van der Waals surface area contributed by atoms with Crippen molar-refractivity contribution in [3.63, 3.8) is 0 Å². The Morgan fingerprint density at radius 1 is 1.17 bits per heavy atom. The Bertz CT molecular complexity index is 607. The van der Waals surface area contributed by atoms with E-state index in [-0.39, 0.29) is 18.4 Å². The van der Waals surface area contributed by atoms with Crippen molar-refractivity contribution < 1.29 is 27.9 Å². The van der Waals surface area contributed by atoms with Crippen LogP contribution in [0.2, 0.25) is 0 Å². The smallest absolute Gasteiger partial charge is 0.416 e. The molecule has 0 aromatic heterocycles. The van der Waals surface area contributed by atoms with Crippen LogP contribution in [0, 0.1) is 11.8 Å². The van der Waals surface area contributed by atoms with Crippen molar-refractivity contribution in [1.29, 1.82) is 0 Å². The van der Waals surface area contributed by atoms with E-state index in [1.165, 1.54) is 11.0 Å². The molecule has 2 rings (SSSR count). The first-order valence-electron chi connectivity index (χ1n) is 7.82. The van der Waals surface area contributed by atoms with Gasteiger partial charge in [-0.1, -0.05) is 12.1 Å². The molecule has 0 heterocycles. The van der Waals surface area contributed by atoms with E-state index in [9.17, 15) is 22.8 Å². The third kappa shape index (κ3) is 4.49. The van der Waals surface area contributed by atoms with Crippen LogP contribution in [0.1, 0.15) is 36.8 Å². The molecule has 24 heavy (non-hydrogen) atoms. The number of nitrogens with zero attached hydrogens (tertiary/aromatic N) is 1. The summed E-state index contributed by atoms with van der Waals surface area (Å²) in [4.78, 5) is 24.8. The van der Waals surface area contributed by atoms with Gasteiger partial charge in [-0.2, -0.15) is 13.2 Å². The number of hydrogen-bond donors (Lipinski definition) is 1. The van der Waals surface area contributed by atoms with Gasteiger partial charge in [0.25, 0.3) is 0 Å². The Morgan fingerprint density at radius 3 is 2.29 bits per heavy atom. The summed E-state index contributed by atoms with van der Waals surface area (Å²) in [5.41, 5.74) is -0.317. The minimum Gasteiger partial charge on any atom is -0.481 e. The first-order valence-corrected chi connectivity index (χ1v) is 7.82. The second-order valence-corrected chi connectivity index (χ2v) is 6.28. The number of carboxylic acids is 1. The molecule has 132 valence electrons. The normalized spacial score (nSPS) is 21.3. The van der Waals surface area contributed by atoms with Crippen LogP contribution in [0.15, 0.2) is 24.3 Å². The van der Waals surface area contributed by atoms with Crippen molar-refractivity contribution in [2.75, 3.05) is 7.05 Å². The van der Waals surface area contributed by atoms with E-state index in [2.05, 4.69) is 0 Å². The summed E-state index contributed by atoms with van der Waals surface area (Å²) in [6, 6.07) is 4.93. The predicted molar refractivity (Wildman–Crippen MR) is 81.0 cm³/mol. The molecule has 1 aromatic carbocycles. The molecule has 0 aliphatic heterocycles. The lowest BCUT2D eigenvalue weighted by atomic mass is 9.81. The number of aliphatic carboxylic acids is 1. The van der Waals surface area contributed by atoms with Crippen molar-refractivity contribution in [2.45, 2.75) is 38.4 Å². The topological polar surface area (TPSA) is 57.6 Å². The minimum absolute atomic E-state index is 0.0988. The van der Waals surface area contributed by atoms with Crippen LogP contribution in [0.4, 0.5) is 13.2 Å². The van der Waals surface area contributed by atoms with Gasteiger partial charge in [0.05, 0.1) is 11.5 Å². The third-order valence-corrected chi connectivity index (χ3v) is 4.48. The molecule has 0 unspecified atom stereocenters. The second kappa shape index (κ2) is 7.23. The van der Waals surface area contributed by atoms with Crippen LogP contribution in [0.25, 0.3) is 0 Å². The summed E-state index contributed by atoms with van der Waals surface area (Å²) in [5, 5.41) is 8.97. The molecule has 0 bridgehead atoms. The van der Waals surface area contributed by atoms with E-state index < -0.39 is 23.6 Å². The molecule has 1 fully saturated rings. The number of amides is 1. The van der Waals surface area contributed by atoms with Crippen molar-refractivity contribution >= 4 is 11.9 Å². The molecule has 1 N–H and O–H groups in total. The van der Waals surface area contributed by atoms with Crippen molar-refractivity contribution in [1.82, 2.24) is 4.90 Å². The van der Waals surface area contributed by atoms with Gasteiger partial charge in [-0.3, -0.25) is 9.59 Å². The van der Waals surface area contributed by atoms with Crippen LogP contribution in [0.3, 0.4) is 0 Å². The zero-order valence-corrected chi connectivity index (χ0v) is 13.3. The number of carboxylic acid groups (broad SMARTS) is 1. The molecule has 0 spiro atoms. The first-order chi connectivity index (χ1) is 11.2. The molecule has 1 amide bonds. The standard InChI is InChI=1S/C17H20F3NO3/c1-21(10-11-3-2-4-14(9-11)17(18,19)20)15(22)12-5-7-13(8-6-12)16(23)24/h2-4,9,12-13H,5-8,10H2,1H3,(H,23,24).